The number of amides is 1. The van der Waals surface area contributed by atoms with Crippen LogP contribution >= 0.6 is 11.3 Å². The molecule has 1 saturated heterocycles. The first kappa shape index (κ1) is 21.4. The van der Waals surface area contributed by atoms with E-state index in [1.807, 2.05) is 67.6 Å². The first-order valence-electron chi connectivity index (χ1n) is 9.99. The molecule has 1 aliphatic rings. The second kappa shape index (κ2) is 9.13. The predicted molar refractivity (Wildman–Crippen MR) is 124 cm³/mol. The van der Waals surface area contributed by atoms with Crippen LogP contribution in [0.4, 0.5) is 0 Å². The zero-order valence-electron chi connectivity index (χ0n) is 17.1. The number of hydrogen-bond donors (Lipinski definition) is 0. The second-order valence-corrected chi connectivity index (χ2v) is 10.1. The number of carbonyl (C=O) groups excluding carboxylic acids is 1. The summed E-state index contributed by atoms with van der Waals surface area (Å²) < 4.78 is 26.7. The average molecular weight is 454 g/mol. The van der Waals surface area contributed by atoms with E-state index in [0.29, 0.717) is 23.7 Å². The maximum Gasteiger partial charge on any atom is 0.265 e. The predicted octanol–water partition coefficient (Wildman–Crippen LogP) is 3.88. The van der Waals surface area contributed by atoms with Gasteiger partial charge in [-0.05, 0) is 18.6 Å². The average Bonchev–Trinajstić information content (AvgIpc) is 3.20. The molecule has 1 aliphatic heterocycles. The van der Waals surface area contributed by atoms with Crippen LogP contribution in [-0.2, 0) is 10.0 Å². The second-order valence-electron chi connectivity index (χ2n) is 7.25. The van der Waals surface area contributed by atoms with Crippen molar-refractivity contribution in [3.63, 3.8) is 0 Å². The van der Waals surface area contributed by atoms with Gasteiger partial charge in [0.25, 0.3) is 5.91 Å². The van der Waals surface area contributed by atoms with Crippen molar-refractivity contribution in [2.45, 2.75) is 6.92 Å². The highest BCUT2D eigenvalue weighted by Crippen LogP contribution is 2.29. The highest BCUT2D eigenvalue weighted by atomic mass is 32.2. The van der Waals surface area contributed by atoms with Crippen LogP contribution in [-0.4, -0.2) is 54.7 Å². The van der Waals surface area contributed by atoms with Gasteiger partial charge >= 0.3 is 0 Å². The van der Waals surface area contributed by atoms with Gasteiger partial charge in [-0.2, -0.15) is 4.31 Å². The molecule has 0 spiro atoms. The largest absolute Gasteiger partial charge is 0.335 e. The Bertz CT molecular complexity index is 1180. The summed E-state index contributed by atoms with van der Waals surface area (Å²) in [5, 5.41) is 2.05. The van der Waals surface area contributed by atoms with E-state index in [-0.39, 0.29) is 19.0 Å². The Kier molecular flexibility index (Phi) is 6.31. The summed E-state index contributed by atoms with van der Waals surface area (Å²) in [6, 6.07) is 19.1. The summed E-state index contributed by atoms with van der Waals surface area (Å²) >= 11 is 1.38. The lowest BCUT2D eigenvalue weighted by molar-refractivity contribution is 0.0702. The molecule has 0 bridgehead atoms. The maximum absolute atomic E-state index is 13.0. The fraction of sp³-hybridized carbons (Fsp3) is 0.217. The number of rotatable bonds is 5. The molecule has 4 rings (SSSR count). The molecule has 2 aromatic carbocycles. The summed E-state index contributed by atoms with van der Waals surface area (Å²) in [5.41, 5.74) is 2.51. The number of benzene rings is 2. The minimum absolute atomic E-state index is 0.0888. The molecular formula is C23H23N3O3S2. The third-order valence-corrected chi connectivity index (χ3v) is 7.89. The molecule has 6 nitrogen and oxygen atoms in total. The highest BCUT2D eigenvalue weighted by Gasteiger charge is 2.29. The lowest BCUT2D eigenvalue weighted by atomic mass is 10.2. The van der Waals surface area contributed by atoms with Gasteiger partial charge in [0.15, 0.2) is 0 Å². The summed E-state index contributed by atoms with van der Waals surface area (Å²) in [6.45, 7) is 3.10. The molecular weight excluding hydrogens is 430 g/mol. The SMILES string of the molecule is Cc1nc(-c2ccccc2)sc1C(=O)N1CCN(S(=O)(=O)C=Cc2ccccc2)CC1. The maximum atomic E-state index is 13.0. The lowest BCUT2D eigenvalue weighted by Gasteiger charge is -2.33. The molecule has 1 aromatic heterocycles. The van der Waals surface area contributed by atoms with Crippen molar-refractivity contribution in [3.05, 3.63) is 82.2 Å². The number of sulfonamides is 1. The number of nitrogens with zero attached hydrogens (tertiary/aromatic N) is 3. The van der Waals surface area contributed by atoms with E-state index in [1.54, 1.807) is 11.0 Å². The minimum Gasteiger partial charge on any atom is -0.335 e. The zero-order chi connectivity index (χ0) is 21.8. The van der Waals surface area contributed by atoms with Crippen LogP contribution in [0.15, 0.2) is 66.1 Å². The summed E-state index contributed by atoms with van der Waals surface area (Å²) in [6.07, 6.45) is 1.60. The molecule has 2 heterocycles. The first-order valence-corrected chi connectivity index (χ1v) is 12.3. The van der Waals surface area contributed by atoms with E-state index in [4.69, 9.17) is 0 Å². The lowest BCUT2D eigenvalue weighted by Crippen LogP contribution is -2.50. The Hall–Kier alpha value is -2.81. The van der Waals surface area contributed by atoms with Gasteiger partial charge in [0.05, 0.1) is 5.69 Å². The van der Waals surface area contributed by atoms with E-state index in [9.17, 15) is 13.2 Å². The number of hydrogen-bond acceptors (Lipinski definition) is 5. The van der Waals surface area contributed by atoms with Crippen LogP contribution in [0, 0.1) is 6.92 Å². The van der Waals surface area contributed by atoms with Crippen molar-refractivity contribution in [2.24, 2.45) is 0 Å². The summed E-state index contributed by atoms with van der Waals surface area (Å²) in [4.78, 5) is 19.9. The number of aromatic nitrogens is 1. The molecule has 160 valence electrons. The summed E-state index contributed by atoms with van der Waals surface area (Å²) in [5.74, 6) is -0.0888. The van der Waals surface area contributed by atoms with Crippen molar-refractivity contribution in [1.82, 2.24) is 14.2 Å². The number of carbonyl (C=O) groups is 1. The Labute approximate surface area is 186 Å². The van der Waals surface area contributed by atoms with Crippen LogP contribution in [0.1, 0.15) is 20.9 Å². The zero-order valence-corrected chi connectivity index (χ0v) is 18.8. The molecule has 31 heavy (non-hydrogen) atoms. The van der Waals surface area contributed by atoms with E-state index in [0.717, 1.165) is 16.1 Å². The highest BCUT2D eigenvalue weighted by molar-refractivity contribution is 7.92. The van der Waals surface area contributed by atoms with Gasteiger partial charge in [0, 0.05) is 37.2 Å². The fourth-order valence-corrected chi connectivity index (χ4v) is 5.62. The summed E-state index contributed by atoms with van der Waals surface area (Å²) in [7, 11) is -3.53. The number of piperazine rings is 1. The smallest absolute Gasteiger partial charge is 0.265 e. The third-order valence-electron chi connectivity index (χ3n) is 5.13. The Morgan fingerprint density at radius 1 is 0.968 bits per heavy atom. The van der Waals surface area contributed by atoms with E-state index >= 15 is 0 Å². The van der Waals surface area contributed by atoms with Crippen molar-refractivity contribution < 1.29 is 13.2 Å². The molecule has 1 fully saturated rings. The molecule has 0 atom stereocenters. The van der Waals surface area contributed by atoms with Crippen LogP contribution in [0.3, 0.4) is 0 Å². The van der Waals surface area contributed by atoms with Gasteiger partial charge in [-0.1, -0.05) is 60.7 Å². The first-order chi connectivity index (χ1) is 14.9. The van der Waals surface area contributed by atoms with E-state index < -0.39 is 10.0 Å². The topological polar surface area (TPSA) is 70.6 Å². The van der Waals surface area contributed by atoms with Gasteiger partial charge in [0.1, 0.15) is 9.88 Å². The van der Waals surface area contributed by atoms with Crippen LogP contribution in [0.25, 0.3) is 16.6 Å². The third kappa shape index (κ3) is 4.92. The van der Waals surface area contributed by atoms with Crippen LogP contribution < -0.4 is 0 Å². The quantitative estimate of drug-likeness (QED) is 0.588. The van der Waals surface area contributed by atoms with Gasteiger partial charge in [-0.3, -0.25) is 4.79 Å². The van der Waals surface area contributed by atoms with Gasteiger partial charge in [-0.25, -0.2) is 13.4 Å². The van der Waals surface area contributed by atoms with E-state index in [2.05, 4.69) is 4.98 Å². The molecule has 3 aromatic rings. The van der Waals surface area contributed by atoms with Crippen molar-refractivity contribution in [2.75, 3.05) is 26.2 Å². The molecule has 0 radical (unpaired) electrons. The Balaban J connectivity index is 1.41. The van der Waals surface area contributed by atoms with E-state index in [1.165, 1.54) is 21.1 Å². The fourth-order valence-electron chi connectivity index (χ4n) is 3.40. The molecule has 0 N–H and O–H groups in total. The van der Waals surface area contributed by atoms with Crippen molar-refractivity contribution >= 4 is 33.3 Å². The minimum atomic E-state index is -3.53. The molecule has 1 amide bonds. The van der Waals surface area contributed by atoms with Gasteiger partial charge in [0.2, 0.25) is 10.0 Å². The van der Waals surface area contributed by atoms with Crippen molar-refractivity contribution in [1.29, 1.82) is 0 Å². The normalized spacial score (nSPS) is 15.5. The standard InChI is InChI=1S/C23H23N3O3S2/c1-18-21(30-22(24-18)20-10-6-3-7-11-20)23(27)25-13-15-26(16-14-25)31(28,29)17-12-19-8-4-2-5-9-19/h2-12,17H,13-16H2,1H3. The molecule has 0 unspecified atom stereocenters. The van der Waals surface area contributed by atoms with Gasteiger partial charge in [-0.15, -0.1) is 11.3 Å². The monoisotopic (exact) mass is 453 g/mol. The molecule has 8 heteroatoms. The number of aryl methyl sites for hydroxylation is 1. The van der Waals surface area contributed by atoms with Crippen LogP contribution in [0.5, 0.6) is 0 Å². The number of thiazole rings is 1. The molecule has 0 saturated carbocycles. The van der Waals surface area contributed by atoms with Crippen molar-refractivity contribution in [3.8, 4) is 10.6 Å². The Morgan fingerprint density at radius 2 is 1.58 bits per heavy atom. The van der Waals surface area contributed by atoms with Crippen LogP contribution in [0.2, 0.25) is 0 Å². The Morgan fingerprint density at radius 3 is 2.23 bits per heavy atom. The molecule has 0 aliphatic carbocycles. The van der Waals surface area contributed by atoms with Gasteiger partial charge < -0.3 is 4.90 Å².